The molecule has 2 N–H and O–H groups in total. The van der Waals surface area contributed by atoms with Crippen LogP contribution in [0.2, 0.25) is 0 Å². The summed E-state index contributed by atoms with van der Waals surface area (Å²) in [6.07, 6.45) is 2.54. The van der Waals surface area contributed by atoms with Gasteiger partial charge in [0.1, 0.15) is 4.99 Å². The van der Waals surface area contributed by atoms with Crippen LogP contribution >= 0.6 is 12.2 Å². The van der Waals surface area contributed by atoms with Crippen LogP contribution < -0.4 is 10.6 Å². The van der Waals surface area contributed by atoms with Crippen LogP contribution in [-0.4, -0.2) is 30.8 Å². The summed E-state index contributed by atoms with van der Waals surface area (Å²) in [5, 5.41) is 0. The number of benzene rings is 1. The monoisotopic (exact) mass is 278 g/mol. The van der Waals surface area contributed by atoms with Gasteiger partial charge in [-0.1, -0.05) is 23.8 Å². The Hall–Kier alpha value is -1.13. The van der Waals surface area contributed by atoms with Crippen LogP contribution in [-0.2, 0) is 4.74 Å². The van der Waals surface area contributed by atoms with E-state index in [4.69, 9.17) is 22.7 Å². The van der Waals surface area contributed by atoms with E-state index in [2.05, 4.69) is 36.9 Å². The van der Waals surface area contributed by atoms with Gasteiger partial charge in [-0.3, -0.25) is 0 Å². The molecule has 1 aromatic carbocycles. The first-order chi connectivity index (χ1) is 9.11. The Morgan fingerprint density at radius 3 is 2.68 bits per heavy atom. The summed E-state index contributed by atoms with van der Waals surface area (Å²) >= 11 is 5.17. The SMILES string of the molecule is CCOC1CCN(c2ccc(C)cc2C(N)=S)CC1. The van der Waals surface area contributed by atoms with Crippen molar-refractivity contribution in [2.24, 2.45) is 5.73 Å². The third kappa shape index (κ3) is 3.45. The van der Waals surface area contributed by atoms with E-state index in [0.717, 1.165) is 43.8 Å². The fourth-order valence-electron chi connectivity index (χ4n) is 2.62. The van der Waals surface area contributed by atoms with Gasteiger partial charge in [0.25, 0.3) is 0 Å². The highest BCUT2D eigenvalue weighted by Crippen LogP contribution is 2.26. The molecule has 1 fully saturated rings. The van der Waals surface area contributed by atoms with Gasteiger partial charge in [0, 0.05) is 30.9 Å². The molecule has 4 heteroatoms. The molecule has 0 radical (unpaired) electrons. The quantitative estimate of drug-likeness (QED) is 0.859. The normalized spacial score (nSPS) is 16.6. The molecule has 0 saturated carbocycles. The van der Waals surface area contributed by atoms with E-state index in [0.29, 0.717) is 11.1 Å². The van der Waals surface area contributed by atoms with Crippen molar-refractivity contribution >= 4 is 22.9 Å². The molecule has 104 valence electrons. The van der Waals surface area contributed by atoms with E-state index in [-0.39, 0.29) is 0 Å². The second kappa shape index (κ2) is 6.35. The molecular formula is C15H22N2OS. The second-order valence-corrected chi connectivity index (χ2v) is 5.47. The van der Waals surface area contributed by atoms with Crippen molar-refractivity contribution in [1.29, 1.82) is 0 Å². The van der Waals surface area contributed by atoms with E-state index in [1.165, 1.54) is 5.56 Å². The topological polar surface area (TPSA) is 38.5 Å². The molecule has 2 rings (SSSR count). The zero-order valence-electron chi connectivity index (χ0n) is 11.7. The number of piperidine rings is 1. The number of thiocarbonyl (C=S) groups is 1. The molecule has 0 aliphatic carbocycles. The van der Waals surface area contributed by atoms with Gasteiger partial charge in [0.05, 0.1) is 6.10 Å². The number of hydrogen-bond acceptors (Lipinski definition) is 3. The summed E-state index contributed by atoms with van der Waals surface area (Å²) in [6, 6.07) is 6.32. The molecule has 0 bridgehead atoms. The number of rotatable bonds is 4. The van der Waals surface area contributed by atoms with Crippen LogP contribution in [0.1, 0.15) is 30.9 Å². The van der Waals surface area contributed by atoms with Crippen molar-refractivity contribution < 1.29 is 4.74 Å². The summed E-state index contributed by atoms with van der Waals surface area (Å²) < 4.78 is 5.69. The van der Waals surface area contributed by atoms with E-state index >= 15 is 0 Å². The van der Waals surface area contributed by atoms with E-state index < -0.39 is 0 Å². The third-order valence-electron chi connectivity index (χ3n) is 3.60. The van der Waals surface area contributed by atoms with Crippen LogP contribution in [0.3, 0.4) is 0 Å². The molecule has 1 saturated heterocycles. The van der Waals surface area contributed by atoms with Crippen LogP contribution in [0.15, 0.2) is 18.2 Å². The smallest absolute Gasteiger partial charge is 0.106 e. The Kier molecular flexibility index (Phi) is 4.77. The lowest BCUT2D eigenvalue weighted by Gasteiger charge is -2.34. The minimum absolute atomic E-state index is 0.403. The van der Waals surface area contributed by atoms with Gasteiger partial charge in [-0.05, 0) is 38.8 Å². The molecule has 1 aromatic rings. The zero-order valence-corrected chi connectivity index (χ0v) is 12.5. The first-order valence-electron chi connectivity index (χ1n) is 6.88. The van der Waals surface area contributed by atoms with Gasteiger partial charge < -0.3 is 15.4 Å². The predicted molar refractivity (Wildman–Crippen MR) is 83.9 cm³/mol. The fourth-order valence-corrected chi connectivity index (χ4v) is 2.79. The average Bonchev–Trinajstić information content (AvgIpc) is 2.40. The lowest BCUT2D eigenvalue weighted by molar-refractivity contribution is 0.0459. The Labute approximate surface area is 120 Å². The number of ether oxygens (including phenoxy) is 1. The maximum atomic E-state index is 5.85. The lowest BCUT2D eigenvalue weighted by Crippen LogP contribution is -2.38. The van der Waals surface area contributed by atoms with Crippen LogP contribution in [0, 0.1) is 6.92 Å². The highest BCUT2D eigenvalue weighted by molar-refractivity contribution is 7.80. The van der Waals surface area contributed by atoms with E-state index in [1.54, 1.807) is 0 Å². The molecule has 1 aliphatic heterocycles. The highest BCUT2D eigenvalue weighted by Gasteiger charge is 2.21. The maximum absolute atomic E-state index is 5.85. The van der Waals surface area contributed by atoms with Crippen molar-refractivity contribution in [2.75, 3.05) is 24.6 Å². The summed E-state index contributed by atoms with van der Waals surface area (Å²) in [7, 11) is 0. The summed E-state index contributed by atoms with van der Waals surface area (Å²) in [4.78, 5) is 2.84. The molecule has 19 heavy (non-hydrogen) atoms. The number of hydrogen-bond donors (Lipinski definition) is 1. The third-order valence-corrected chi connectivity index (χ3v) is 3.82. The molecule has 0 aromatic heterocycles. The van der Waals surface area contributed by atoms with Gasteiger partial charge in [0.2, 0.25) is 0 Å². The average molecular weight is 278 g/mol. The standard InChI is InChI=1S/C15H22N2OS/c1-3-18-12-6-8-17(9-7-12)14-5-4-11(2)10-13(14)15(16)19/h4-5,10,12H,3,6-9H2,1-2H3,(H2,16,19). The summed E-state index contributed by atoms with van der Waals surface area (Å²) in [6.45, 7) is 6.92. The lowest BCUT2D eigenvalue weighted by atomic mass is 10.0. The zero-order chi connectivity index (χ0) is 13.8. The van der Waals surface area contributed by atoms with Crippen LogP contribution in [0.5, 0.6) is 0 Å². The molecule has 1 heterocycles. The number of aryl methyl sites for hydroxylation is 1. The second-order valence-electron chi connectivity index (χ2n) is 5.03. The van der Waals surface area contributed by atoms with Crippen LogP contribution in [0.4, 0.5) is 5.69 Å². The first-order valence-corrected chi connectivity index (χ1v) is 7.29. The van der Waals surface area contributed by atoms with Crippen molar-refractivity contribution in [1.82, 2.24) is 0 Å². The number of anilines is 1. The number of nitrogens with two attached hydrogens (primary N) is 1. The van der Waals surface area contributed by atoms with Crippen LogP contribution in [0.25, 0.3) is 0 Å². The van der Waals surface area contributed by atoms with Gasteiger partial charge in [0.15, 0.2) is 0 Å². The van der Waals surface area contributed by atoms with E-state index in [9.17, 15) is 0 Å². The summed E-state index contributed by atoms with van der Waals surface area (Å²) in [5.41, 5.74) is 9.19. The Morgan fingerprint density at radius 1 is 1.42 bits per heavy atom. The Bertz CT molecular complexity index is 453. The summed E-state index contributed by atoms with van der Waals surface area (Å²) in [5.74, 6) is 0. The van der Waals surface area contributed by atoms with Gasteiger partial charge in [-0.25, -0.2) is 0 Å². The van der Waals surface area contributed by atoms with Crippen molar-refractivity contribution in [2.45, 2.75) is 32.8 Å². The van der Waals surface area contributed by atoms with Gasteiger partial charge in [-0.2, -0.15) is 0 Å². The highest BCUT2D eigenvalue weighted by atomic mass is 32.1. The minimum Gasteiger partial charge on any atom is -0.389 e. The number of nitrogens with zero attached hydrogens (tertiary/aromatic N) is 1. The predicted octanol–water partition coefficient (Wildman–Crippen LogP) is 2.63. The van der Waals surface area contributed by atoms with Crippen molar-refractivity contribution in [3.8, 4) is 0 Å². The maximum Gasteiger partial charge on any atom is 0.106 e. The van der Waals surface area contributed by atoms with Crippen molar-refractivity contribution in [3.05, 3.63) is 29.3 Å². The van der Waals surface area contributed by atoms with Gasteiger partial charge >= 0.3 is 0 Å². The molecule has 0 amide bonds. The van der Waals surface area contributed by atoms with Gasteiger partial charge in [-0.15, -0.1) is 0 Å². The molecule has 1 aliphatic rings. The van der Waals surface area contributed by atoms with E-state index in [1.807, 2.05) is 0 Å². The Morgan fingerprint density at radius 2 is 2.11 bits per heavy atom. The molecule has 0 spiro atoms. The molecule has 0 unspecified atom stereocenters. The first kappa shape index (κ1) is 14.3. The fraction of sp³-hybridized carbons (Fsp3) is 0.533. The minimum atomic E-state index is 0.403. The van der Waals surface area contributed by atoms with Crippen molar-refractivity contribution in [3.63, 3.8) is 0 Å². The molecular weight excluding hydrogens is 256 g/mol. The largest absolute Gasteiger partial charge is 0.389 e. The Balaban J connectivity index is 2.13. The molecule has 0 atom stereocenters. The molecule has 3 nitrogen and oxygen atoms in total.